The molecular weight excluding hydrogens is 188 g/mol. The third-order valence-corrected chi connectivity index (χ3v) is 2.47. The van der Waals surface area contributed by atoms with Crippen molar-refractivity contribution in [2.75, 3.05) is 0 Å². The zero-order valence-electron chi connectivity index (χ0n) is 8.57. The number of ether oxygens (including phenoxy) is 1. The van der Waals surface area contributed by atoms with Gasteiger partial charge in [0.1, 0.15) is 5.92 Å². The Labute approximate surface area is 88.9 Å². The van der Waals surface area contributed by atoms with Crippen molar-refractivity contribution in [2.45, 2.75) is 12.8 Å². The molecule has 15 heavy (non-hydrogen) atoms. The summed E-state index contributed by atoms with van der Waals surface area (Å²) < 4.78 is 4.93. The van der Waals surface area contributed by atoms with Crippen LogP contribution in [0.1, 0.15) is 18.4 Å². The van der Waals surface area contributed by atoms with Gasteiger partial charge in [-0.3, -0.25) is 4.79 Å². The molecule has 0 saturated heterocycles. The Morgan fingerprint density at radius 3 is 2.60 bits per heavy atom. The minimum absolute atomic E-state index is 0.223. The van der Waals surface area contributed by atoms with Gasteiger partial charge in [0.2, 0.25) is 0 Å². The SMILES string of the molecule is C=C(C)C1=COC(=O)C1c1ccccc1. The van der Waals surface area contributed by atoms with Crippen LogP contribution in [0.2, 0.25) is 0 Å². The van der Waals surface area contributed by atoms with Crippen LogP contribution in [0.3, 0.4) is 0 Å². The molecule has 0 amide bonds. The summed E-state index contributed by atoms with van der Waals surface area (Å²) in [4.78, 5) is 11.6. The number of benzene rings is 1. The van der Waals surface area contributed by atoms with E-state index in [9.17, 15) is 4.79 Å². The normalized spacial score (nSPS) is 19.7. The van der Waals surface area contributed by atoms with Gasteiger partial charge >= 0.3 is 5.97 Å². The third kappa shape index (κ3) is 1.71. The average Bonchev–Trinajstić information content (AvgIpc) is 2.61. The molecule has 2 heteroatoms. The van der Waals surface area contributed by atoms with Crippen LogP contribution in [0.15, 0.2) is 54.3 Å². The molecule has 0 aromatic heterocycles. The van der Waals surface area contributed by atoms with Crippen LogP contribution in [-0.2, 0) is 9.53 Å². The van der Waals surface area contributed by atoms with Crippen molar-refractivity contribution in [3.05, 3.63) is 59.9 Å². The summed E-state index contributed by atoms with van der Waals surface area (Å²) in [6.45, 7) is 5.73. The van der Waals surface area contributed by atoms with E-state index in [2.05, 4.69) is 6.58 Å². The fraction of sp³-hybridized carbons (Fsp3) is 0.154. The van der Waals surface area contributed by atoms with E-state index >= 15 is 0 Å². The lowest BCUT2D eigenvalue weighted by Crippen LogP contribution is -2.10. The summed E-state index contributed by atoms with van der Waals surface area (Å²) in [6.07, 6.45) is 1.50. The molecule has 1 aliphatic rings. The number of rotatable bonds is 2. The molecule has 1 aliphatic heterocycles. The minimum Gasteiger partial charge on any atom is -0.433 e. The van der Waals surface area contributed by atoms with Crippen LogP contribution in [0.5, 0.6) is 0 Å². The lowest BCUT2D eigenvalue weighted by atomic mass is 9.90. The third-order valence-electron chi connectivity index (χ3n) is 2.47. The second-order valence-corrected chi connectivity index (χ2v) is 3.63. The maximum Gasteiger partial charge on any atom is 0.322 e. The van der Waals surface area contributed by atoms with Gasteiger partial charge < -0.3 is 4.74 Å². The molecule has 1 atom stereocenters. The fourth-order valence-corrected chi connectivity index (χ4v) is 1.69. The topological polar surface area (TPSA) is 26.3 Å². The molecule has 1 aromatic rings. The predicted octanol–water partition coefficient (Wildman–Crippen LogP) is 2.79. The maximum atomic E-state index is 11.6. The Balaban J connectivity index is 2.40. The van der Waals surface area contributed by atoms with Gasteiger partial charge in [-0.2, -0.15) is 0 Å². The first-order valence-electron chi connectivity index (χ1n) is 4.81. The maximum absolute atomic E-state index is 11.6. The number of carbonyl (C=O) groups is 1. The molecule has 2 nitrogen and oxygen atoms in total. The molecule has 0 N–H and O–H groups in total. The van der Waals surface area contributed by atoms with Crippen LogP contribution in [0.25, 0.3) is 0 Å². The quantitative estimate of drug-likeness (QED) is 0.686. The zero-order valence-corrected chi connectivity index (χ0v) is 8.57. The van der Waals surface area contributed by atoms with Crippen molar-refractivity contribution in [2.24, 2.45) is 0 Å². The number of cyclic esters (lactones) is 1. The Bertz CT molecular complexity index is 429. The van der Waals surface area contributed by atoms with Crippen LogP contribution in [-0.4, -0.2) is 5.97 Å². The van der Waals surface area contributed by atoms with Crippen molar-refractivity contribution in [3.8, 4) is 0 Å². The van der Waals surface area contributed by atoms with Crippen molar-refractivity contribution in [1.29, 1.82) is 0 Å². The number of hydrogen-bond acceptors (Lipinski definition) is 2. The van der Waals surface area contributed by atoms with Crippen molar-refractivity contribution in [1.82, 2.24) is 0 Å². The lowest BCUT2D eigenvalue weighted by molar-refractivity contribution is -0.136. The summed E-state index contributed by atoms with van der Waals surface area (Å²) in [5.41, 5.74) is 2.69. The smallest absolute Gasteiger partial charge is 0.322 e. The molecule has 0 radical (unpaired) electrons. The monoisotopic (exact) mass is 200 g/mol. The van der Waals surface area contributed by atoms with Gasteiger partial charge in [-0.1, -0.05) is 42.5 Å². The standard InChI is InChI=1S/C13H12O2/c1-9(2)11-8-15-13(14)12(11)10-6-4-3-5-7-10/h3-8,12H,1H2,2H3. The van der Waals surface area contributed by atoms with E-state index in [1.54, 1.807) is 0 Å². The van der Waals surface area contributed by atoms with Gasteiger partial charge in [-0.25, -0.2) is 0 Å². The number of hydrogen-bond donors (Lipinski definition) is 0. The first kappa shape index (κ1) is 9.71. The van der Waals surface area contributed by atoms with Crippen molar-refractivity contribution < 1.29 is 9.53 Å². The molecular formula is C13H12O2. The first-order valence-corrected chi connectivity index (χ1v) is 4.81. The highest BCUT2D eigenvalue weighted by Gasteiger charge is 2.31. The Hall–Kier alpha value is -1.83. The summed E-state index contributed by atoms with van der Waals surface area (Å²) >= 11 is 0. The molecule has 1 heterocycles. The molecule has 76 valence electrons. The van der Waals surface area contributed by atoms with E-state index < -0.39 is 0 Å². The van der Waals surface area contributed by atoms with Crippen LogP contribution >= 0.6 is 0 Å². The number of allylic oxidation sites excluding steroid dienone is 1. The summed E-state index contributed by atoms with van der Waals surface area (Å²) in [5.74, 6) is -0.525. The molecule has 0 spiro atoms. The summed E-state index contributed by atoms with van der Waals surface area (Å²) in [7, 11) is 0. The van der Waals surface area contributed by atoms with Gasteiger partial charge in [-0.15, -0.1) is 0 Å². The Morgan fingerprint density at radius 1 is 1.33 bits per heavy atom. The van der Waals surface area contributed by atoms with Crippen molar-refractivity contribution in [3.63, 3.8) is 0 Å². The second-order valence-electron chi connectivity index (χ2n) is 3.63. The zero-order chi connectivity index (χ0) is 10.8. The van der Waals surface area contributed by atoms with Gasteiger partial charge in [0, 0.05) is 5.57 Å². The molecule has 2 rings (SSSR count). The highest BCUT2D eigenvalue weighted by atomic mass is 16.5. The second kappa shape index (κ2) is 3.73. The van der Waals surface area contributed by atoms with E-state index in [0.717, 1.165) is 16.7 Å². The van der Waals surface area contributed by atoms with Gasteiger partial charge in [0.05, 0.1) is 6.26 Å². The number of carbonyl (C=O) groups excluding carboxylic acids is 1. The van der Waals surface area contributed by atoms with Crippen LogP contribution in [0, 0.1) is 0 Å². The minimum atomic E-state index is -0.302. The fourth-order valence-electron chi connectivity index (χ4n) is 1.69. The van der Waals surface area contributed by atoms with Crippen molar-refractivity contribution >= 4 is 5.97 Å². The molecule has 0 aliphatic carbocycles. The first-order chi connectivity index (χ1) is 7.20. The molecule has 1 aromatic carbocycles. The van der Waals surface area contributed by atoms with Crippen LogP contribution < -0.4 is 0 Å². The lowest BCUT2D eigenvalue weighted by Gasteiger charge is -2.10. The summed E-state index contributed by atoms with van der Waals surface area (Å²) in [5, 5.41) is 0. The average molecular weight is 200 g/mol. The van der Waals surface area contributed by atoms with Gasteiger partial charge in [0.25, 0.3) is 0 Å². The largest absolute Gasteiger partial charge is 0.433 e. The van der Waals surface area contributed by atoms with E-state index in [4.69, 9.17) is 4.74 Å². The predicted molar refractivity (Wildman–Crippen MR) is 58.2 cm³/mol. The molecule has 0 fully saturated rings. The highest BCUT2D eigenvalue weighted by molar-refractivity contribution is 5.86. The van der Waals surface area contributed by atoms with E-state index in [0.29, 0.717) is 0 Å². The summed E-state index contributed by atoms with van der Waals surface area (Å²) in [6, 6.07) is 9.60. The van der Waals surface area contributed by atoms with E-state index in [1.165, 1.54) is 6.26 Å². The van der Waals surface area contributed by atoms with Crippen LogP contribution in [0.4, 0.5) is 0 Å². The van der Waals surface area contributed by atoms with E-state index in [1.807, 2.05) is 37.3 Å². The Kier molecular flexibility index (Phi) is 2.42. The highest BCUT2D eigenvalue weighted by Crippen LogP contribution is 2.34. The molecule has 0 saturated carbocycles. The Morgan fingerprint density at radius 2 is 2.00 bits per heavy atom. The van der Waals surface area contributed by atoms with Gasteiger partial charge in [0.15, 0.2) is 0 Å². The molecule has 0 bridgehead atoms. The molecule has 1 unspecified atom stereocenters. The van der Waals surface area contributed by atoms with E-state index in [-0.39, 0.29) is 11.9 Å². The number of esters is 1. The van der Waals surface area contributed by atoms with Gasteiger partial charge in [-0.05, 0) is 12.5 Å².